The molecule has 0 atom stereocenters. The average molecular weight is 366 g/mol. The van der Waals surface area contributed by atoms with Crippen LogP contribution in [-0.2, 0) is 11.2 Å². The minimum Gasteiger partial charge on any atom is -0.508 e. The Morgan fingerprint density at radius 1 is 1.00 bits per heavy atom. The fourth-order valence-electron chi connectivity index (χ4n) is 3.42. The first kappa shape index (κ1) is 19.0. The van der Waals surface area contributed by atoms with Gasteiger partial charge in [0.2, 0.25) is 5.91 Å². The third-order valence-corrected chi connectivity index (χ3v) is 5.05. The van der Waals surface area contributed by atoms with E-state index in [0.717, 1.165) is 18.4 Å². The lowest BCUT2D eigenvalue weighted by atomic mass is 9.95. The number of likely N-dealkylation sites (tertiary alicyclic amines) is 1. The molecule has 0 aliphatic carbocycles. The normalized spacial score (nSPS) is 14.7. The minimum absolute atomic E-state index is 0.0153. The quantitative estimate of drug-likeness (QED) is 0.772. The largest absolute Gasteiger partial charge is 0.508 e. The van der Waals surface area contributed by atoms with Gasteiger partial charge in [-0.2, -0.15) is 0 Å². The topological polar surface area (TPSA) is 69.6 Å². The number of piperidine rings is 1. The second-order valence-corrected chi connectivity index (χ2v) is 6.99. The van der Waals surface area contributed by atoms with Crippen LogP contribution in [0.3, 0.4) is 0 Å². The number of benzene rings is 2. The van der Waals surface area contributed by atoms with Crippen molar-refractivity contribution in [2.24, 2.45) is 5.92 Å². The summed E-state index contributed by atoms with van der Waals surface area (Å²) < 4.78 is 0. The highest BCUT2D eigenvalue weighted by molar-refractivity contribution is 5.94. The molecule has 3 rings (SSSR count). The second kappa shape index (κ2) is 9.21. The molecule has 0 saturated carbocycles. The minimum atomic E-state index is -0.0153. The van der Waals surface area contributed by atoms with Gasteiger partial charge in [-0.05, 0) is 55.5 Å². The first-order valence-corrected chi connectivity index (χ1v) is 9.53. The van der Waals surface area contributed by atoms with Gasteiger partial charge in [0, 0.05) is 31.1 Å². The Balaban J connectivity index is 1.37. The van der Waals surface area contributed by atoms with Gasteiger partial charge in [0.1, 0.15) is 5.75 Å². The van der Waals surface area contributed by atoms with E-state index >= 15 is 0 Å². The second-order valence-electron chi connectivity index (χ2n) is 6.99. The number of hydrogen-bond acceptors (Lipinski definition) is 3. The summed E-state index contributed by atoms with van der Waals surface area (Å²) >= 11 is 0. The smallest absolute Gasteiger partial charge is 0.253 e. The Bertz CT molecular complexity index is 751. The Morgan fingerprint density at radius 2 is 1.67 bits per heavy atom. The number of aromatic hydroxyl groups is 1. The van der Waals surface area contributed by atoms with Gasteiger partial charge in [-0.1, -0.05) is 30.3 Å². The van der Waals surface area contributed by atoms with Crippen molar-refractivity contribution >= 4 is 11.8 Å². The molecule has 1 heterocycles. The fourth-order valence-corrected chi connectivity index (χ4v) is 3.42. The number of phenols is 1. The van der Waals surface area contributed by atoms with Gasteiger partial charge in [-0.3, -0.25) is 9.59 Å². The number of nitrogens with one attached hydrogen (secondary N) is 1. The highest BCUT2D eigenvalue weighted by atomic mass is 16.3. The number of phenolic OH excluding ortho intramolecular Hbond substituents is 1. The van der Waals surface area contributed by atoms with E-state index in [1.807, 2.05) is 47.4 Å². The standard InChI is InChI=1S/C22H26N2O3/c25-20-10-8-17(9-11-20)5-4-14-23-21(26)18-12-15-24(16-13-18)22(27)19-6-2-1-3-7-19/h1-3,6-11,18,25H,4-5,12-16H2,(H,23,26). The Kier molecular flexibility index (Phi) is 6.47. The van der Waals surface area contributed by atoms with Crippen LogP contribution in [0, 0.1) is 5.92 Å². The molecule has 0 aromatic heterocycles. The van der Waals surface area contributed by atoms with Gasteiger partial charge in [0.25, 0.3) is 5.91 Å². The van der Waals surface area contributed by atoms with Crippen molar-refractivity contribution in [3.05, 3.63) is 65.7 Å². The molecule has 2 amide bonds. The molecule has 0 spiro atoms. The summed E-state index contributed by atoms with van der Waals surface area (Å²) in [6.45, 7) is 1.89. The monoisotopic (exact) mass is 366 g/mol. The van der Waals surface area contributed by atoms with Gasteiger partial charge in [0.05, 0.1) is 0 Å². The lowest BCUT2D eigenvalue weighted by Gasteiger charge is -2.31. The fraction of sp³-hybridized carbons (Fsp3) is 0.364. The summed E-state index contributed by atoms with van der Waals surface area (Å²) in [5.41, 5.74) is 1.85. The van der Waals surface area contributed by atoms with Crippen molar-refractivity contribution in [2.75, 3.05) is 19.6 Å². The van der Waals surface area contributed by atoms with Crippen molar-refractivity contribution < 1.29 is 14.7 Å². The van der Waals surface area contributed by atoms with Gasteiger partial charge in [0.15, 0.2) is 0 Å². The molecule has 0 unspecified atom stereocenters. The lowest BCUT2D eigenvalue weighted by Crippen LogP contribution is -2.43. The number of aryl methyl sites for hydroxylation is 1. The van der Waals surface area contributed by atoms with Crippen LogP contribution in [0.25, 0.3) is 0 Å². The van der Waals surface area contributed by atoms with Crippen LogP contribution in [0.15, 0.2) is 54.6 Å². The molecule has 0 bridgehead atoms. The molecule has 1 fully saturated rings. The lowest BCUT2D eigenvalue weighted by molar-refractivity contribution is -0.126. The van der Waals surface area contributed by atoms with E-state index in [-0.39, 0.29) is 23.5 Å². The summed E-state index contributed by atoms with van der Waals surface area (Å²) in [5.74, 6) is 0.388. The predicted molar refractivity (Wildman–Crippen MR) is 105 cm³/mol. The summed E-state index contributed by atoms with van der Waals surface area (Å²) in [7, 11) is 0. The van der Waals surface area contributed by atoms with Crippen LogP contribution in [0.1, 0.15) is 35.2 Å². The van der Waals surface area contributed by atoms with Gasteiger partial charge >= 0.3 is 0 Å². The third kappa shape index (κ3) is 5.33. The van der Waals surface area contributed by atoms with Crippen molar-refractivity contribution in [1.29, 1.82) is 0 Å². The highest BCUT2D eigenvalue weighted by Crippen LogP contribution is 2.19. The molecule has 5 heteroatoms. The van der Waals surface area contributed by atoms with E-state index in [4.69, 9.17) is 0 Å². The van der Waals surface area contributed by atoms with E-state index in [1.165, 1.54) is 0 Å². The molecular weight excluding hydrogens is 340 g/mol. The molecule has 1 aliphatic heterocycles. The Morgan fingerprint density at radius 3 is 2.33 bits per heavy atom. The SMILES string of the molecule is O=C(NCCCc1ccc(O)cc1)C1CCN(C(=O)c2ccccc2)CC1. The zero-order valence-electron chi connectivity index (χ0n) is 15.4. The predicted octanol–water partition coefficient (Wildman–Crippen LogP) is 2.99. The van der Waals surface area contributed by atoms with Crippen LogP contribution < -0.4 is 5.32 Å². The van der Waals surface area contributed by atoms with E-state index in [0.29, 0.717) is 38.0 Å². The molecular formula is C22H26N2O3. The summed E-state index contributed by atoms with van der Waals surface area (Å²) in [6.07, 6.45) is 3.15. The molecule has 2 aromatic rings. The zero-order valence-corrected chi connectivity index (χ0v) is 15.4. The number of carbonyl (C=O) groups is 2. The summed E-state index contributed by atoms with van der Waals surface area (Å²) in [6, 6.07) is 16.4. The summed E-state index contributed by atoms with van der Waals surface area (Å²) in [5, 5.41) is 12.3. The number of nitrogens with zero attached hydrogens (tertiary/aromatic N) is 1. The van der Waals surface area contributed by atoms with E-state index in [1.54, 1.807) is 12.1 Å². The van der Waals surface area contributed by atoms with Crippen molar-refractivity contribution in [2.45, 2.75) is 25.7 Å². The van der Waals surface area contributed by atoms with Crippen LogP contribution >= 0.6 is 0 Å². The first-order valence-electron chi connectivity index (χ1n) is 9.53. The first-order chi connectivity index (χ1) is 13.1. The molecule has 1 saturated heterocycles. The molecule has 1 aliphatic rings. The number of hydrogen-bond donors (Lipinski definition) is 2. The highest BCUT2D eigenvalue weighted by Gasteiger charge is 2.27. The molecule has 142 valence electrons. The maximum Gasteiger partial charge on any atom is 0.253 e. The molecule has 0 radical (unpaired) electrons. The maximum absolute atomic E-state index is 12.5. The molecule has 27 heavy (non-hydrogen) atoms. The molecule has 5 nitrogen and oxygen atoms in total. The van der Waals surface area contributed by atoms with Crippen LogP contribution in [0.4, 0.5) is 0 Å². The van der Waals surface area contributed by atoms with Gasteiger partial charge in [-0.15, -0.1) is 0 Å². The number of amides is 2. The van der Waals surface area contributed by atoms with Gasteiger partial charge in [-0.25, -0.2) is 0 Å². The van der Waals surface area contributed by atoms with E-state index < -0.39 is 0 Å². The number of rotatable bonds is 6. The maximum atomic E-state index is 12.5. The van der Waals surface area contributed by atoms with E-state index in [2.05, 4.69) is 5.32 Å². The Hall–Kier alpha value is -2.82. The number of carbonyl (C=O) groups excluding carboxylic acids is 2. The third-order valence-electron chi connectivity index (χ3n) is 5.05. The zero-order chi connectivity index (χ0) is 19.1. The van der Waals surface area contributed by atoms with Gasteiger partial charge < -0.3 is 15.3 Å². The van der Waals surface area contributed by atoms with Crippen LogP contribution in [-0.4, -0.2) is 41.5 Å². The van der Waals surface area contributed by atoms with Crippen molar-refractivity contribution in [3.63, 3.8) is 0 Å². The molecule has 2 N–H and O–H groups in total. The van der Waals surface area contributed by atoms with Crippen LogP contribution in [0.5, 0.6) is 5.75 Å². The average Bonchev–Trinajstić information content (AvgIpc) is 2.72. The van der Waals surface area contributed by atoms with Crippen molar-refractivity contribution in [3.8, 4) is 5.75 Å². The van der Waals surface area contributed by atoms with E-state index in [9.17, 15) is 14.7 Å². The Labute approximate surface area is 160 Å². The van der Waals surface area contributed by atoms with Crippen molar-refractivity contribution in [1.82, 2.24) is 10.2 Å². The van der Waals surface area contributed by atoms with Crippen LogP contribution in [0.2, 0.25) is 0 Å². The molecule has 2 aromatic carbocycles. The summed E-state index contributed by atoms with van der Waals surface area (Å²) in [4.78, 5) is 26.6.